The molecule has 1 fully saturated rings. The highest BCUT2D eigenvalue weighted by molar-refractivity contribution is 6.20. The van der Waals surface area contributed by atoms with Crippen LogP contribution in [0.15, 0.2) is 48.5 Å². The number of likely N-dealkylation sites (tertiary alicyclic amines) is 1. The Kier molecular flexibility index (Phi) is 11.0. The highest BCUT2D eigenvalue weighted by Crippen LogP contribution is 2.35. The molecule has 46 heavy (non-hydrogen) atoms. The van der Waals surface area contributed by atoms with Gasteiger partial charge in [0.15, 0.2) is 11.3 Å². The second-order valence-corrected chi connectivity index (χ2v) is 11.8. The van der Waals surface area contributed by atoms with Crippen LogP contribution in [0.1, 0.15) is 66.8 Å². The van der Waals surface area contributed by atoms with Gasteiger partial charge >= 0.3 is 6.18 Å². The number of nitrogens with two attached hydrogens (primary N) is 1. The zero-order chi connectivity index (χ0) is 34.6. The lowest BCUT2D eigenvalue weighted by molar-refractivity contribution is -0.384. The van der Waals surface area contributed by atoms with Gasteiger partial charge in [0.05, 0.1) is 17.0 Å². The molecule has 1 heterocycles. The molecule has 0 aromatic heterocycles. The van der Waals surface area contributed by atoms with Crippen LogP contribution in [0.5, 0.6) is 0 Å². The van der Waals surface area contributed by atoms with Crippen LogP contribution in [0, 0.1) is 22.0 Å². The van der Waals surface area contributed by atoms with Gasteiger partial charge in [0.1, 0.15) is 0 Å². The molecular formula is C31H36F3N5O7. The lowest BCUT2D eigenvalue weighted by Gasteiger charge is -2.39. The van der Waals surface area contributed by atoms with E-state index in [1.807, 2.05) is 0 Å². The Morgan fingerprint density at radius 3 is 2.02 bits per heavy atom. The van der Waals surface area contributed by atoms with Gasteiger partial charge in [0.2, 0.25) is 5.91 Å². The molecule has 2 aromatic carbocycles. The average Bonchev–Trinajstić information content (AvgIpc) is 3.46. The van der Waals surface area contributed by atoms with Crippen LogP contribution < -0.4 is 16.4 Å². The number of Topliss-reactive ketones (excluding diaryl/α,β-unsaturated/α-hetero) is 2. The lowest BCUT2D eigenvalue weighted by atomic mass is 9.83. The van der Waals surface area contributed by atoms with Crippen molar-refractivity contribution in [2.45, 2.75) is 70.9 Å². The largest absolute Gasteiger partial charge is 0.452 e. The number of non-ortho nitro benzene ring substituents is 1. The van der Waals surface area contributed by atoms with Crippen molar-refractivity contribution in [2.24, 2.45) is 17.6 Å². The molecule has 12 nitrogen and oxygen atoms in total. The number of nitrogens with one attached hydrogen (secondary N) is 2. The molecule has 0 spiro atoms. The molecule has 1 saturated heterocycles. The molecule has 0 saturated carbocycles. The van der Waals surface area contributed by atoms with Crippen molar-refractivity contribution >= 4 is 35.0 Å². The maximum absolute atomic E-state index is 14.2. The second kappa shape index (κ2) is 14.2. The minimum Gasteiger partial charge on any atom is -0.348 e. The summed E-state index contributed by atoms with van der Waals surface area (Å²) in [5.41, 5.74) is 4.28. The highest BCUT2D eigenvalue weighted by Gasteiger charge is 2.57. The maximum atomic E-state index is 14.2. The van der Waals surface area contributed by atoms with Crippen molar-refractivity contribution in [1.82, 2.24) is 15.5 Å². The van der Waals surface area contributed by atoms with Crippen molar-refractivity contribution in [3.8, 4) is 0 Å². The number of carbonyl (C=O) groups excluding carboxylic acids is 5. The predicted octanol–water partition coefficient (Wildman–Crippen LogP) is 3.32. The first-order chi connectivity index (χ1) is 21.4. The fourth-order valence-corrected chi connectivity index (χ4v) is 5.16. The molecule has 4 N–H and O–H groups in total. The molecule has 248 valence electrons. The van der Waals surface area contributed by atoms with Crippen molar-refractivity contribution in [2.75, 3.05) is 6.54 Å². The first-order valence-corrected chi connectivity index (χ1v) is 14.6. The van der Waals surface area contributed by atoms with Crippen LogP contribution >= 0.6 is 0 Å². The molecule has 0 radical (unpaired) electrons. The van der Waals surface area contributed by atoms with Crippen molar-refractivity contribution < 1.29 is 42.1 Å². The zero-order valence-corrected chi connectivity index (χ0v) is 25.7. The molecule has 3 rings (SSSR count). The van der Waals surface area contributed by atoms with E-state index in [0.29, 0.717) is 5.56 Å². The third-order valence-corrected chi connectivity index (χ3v) is 7.93. The Morgan fingerprint density at radius 1 is 0.957 bits per heavy atom. The maximum Gasteiger partial charge on any atom is 0.452 e. The van der Waals surface area contributed by atoms with Gasteiger partial charge in [-0.2, -0.15) is 13.2 Å². The molecule has 1 aliphatic heterocycles. The number of alkyl halides is 3. The van der Waals surface area contributed by atoms with Crippen molar-refractivity contribution in [3.63, 3.8) is 0 Å². The van der Waals surface area contributed by atoms with E-state index < -0.39 is 69.8 Å². The van der Waals surface area contributed by atoms with E-state index in [0.717, 1.165) is 4.90 Å². The highest BCUT2D eigenvalue weighted by atomic mass is 19.4. The second-order valence-electron chi connectivity index (χ2n) is 11.8. The van der Waals surface area contributed by atoms with Gasteiger partial charge in [-0.15, -0.1) is 0 Å². The van der Waals surface area contributed by atoms with Crippen LogP contribution in [0.2, 0.25) is 0 Å². The first kappa shape index (κ1) is 35.8. The number of rotatable bonds is 12. The van der Waals surface area contributed by atoms with E-state index >= 15 is 0 Å². The summed E-state index contributed by atoms with van der Waals surface area (Å²) in [5.74, 6) is -7.04. The molecule has 0 bridgehead atoms. The molecular weight excluding hydrogens is 611 g/mol. The number of hydrogen-bond donors (Lipinski definition) is 3. The number of amides is 3. The molecule has 15 heteroatoms. The van der Waals surface area contributed by atoms with E-state index in [4.69, 9.17) is 5.73 Å². The summed E-state index contributed by atoms with van der Waals surface area (Å²) in [6.45, 7) is 5.89. The fourth-order valence-electron chi connectivity index (χ4n) is 5.16. The number of benzene rings is 2. The third kappa shape index (κ3) is 7.58. The fraction of sp³-hybridized carbons (Fsp3) is 0.452. The average molecular weight is 648 g/mol. The summed E-state index contributed by atoms with van der Waals surface area (Å²) in [7, 11) is 0. The van der Waals surface area contributed by atoms with Crippen LogP contribution in [0.25, 0.3) is 0 Å². The molecule has 1 aliphatic rings. The van der Waals surface area contributed by atoms with Gasteiger partial charge < -0.3 is 21.3 Å². The molecule has 3 amide bonds. The van der Waals surface area contributed by atoms with Gasteiger partial charge in [-0.05, 0) is 42.4 Å². The number of nitro benzene ring substituents is 1. The zero-order valence-electron chi connectivity index (χ0n) is 25.7. The van der Waals surface area contributed by atoms with Crippen molar-refractivity contribution in [1.29, 1.82) is 0 Å². The third-order valence-electron chi connectivity index (χ3n) is 7.93. The SMILES string of the molecule is CC(C)C(NC(=O)[C@]1(C(=O)c2ccc(C(=O)NCc3ccc([N+](=O)[O-])cc3)cc2)CCCN1C(=O)[C@@H](N)C(C)C)C(=O)C(F)(F)F. The summed E-state index contributed by atoms with van der Waals surface area (Å²) in [4.78, 5) is 77.8. The van der Waals surface area contributed by atoms with Gasteiger partial charge in [0, 0.05) is 36.3 Å². The van der Waals surface area contributed by atoms with Gasteiger partial charge in [-0.1, -0.05) is 52.0 Å². The number of nitro groups is 1. The quantitative estimate of drug-likeness (QED) is 0.136. The van der Waals surface area contributed by atoms with E-state index in [9.17, 15) is 47.3 Å². The molecule has 3 atom stereocenters. The van der Waals surface area contributed by atoms with Crippen LogP contribution in [0.4, 0.5) is 18.9 Å². The van der Waals surface area contributed by atoms with Gasteiger partial charge in [-0.25, -0.2) is 0 Å². The predicted molar refractivity (Wildman–Crippen MR) is 159 cm³/mol. The number of halogens is 3. The topological polar surface area (TPSA) is 182 Å². The minimum atomic E-state index is -5.26. The van der Waals surface area contributed by atoms with Crippen LogP contribution in [0.3, 0.4) is 0 Å². The smallest absolute Gasteiger partial charge is 0.348 e. The van der Waals surface area contributed by atoms with Gasteiger partial charge in [0.25, 0.3) is 23.3 Å². The monoisotopic (exact) mass is 647 g/mol. The Labute approximate surface area is 263 Å². The minimum absolute atomic E-state index is 0.0433. The Bertz CT molecular complexity index is 1490. The molecule has 0 aliphatic carbocycles. The van der Waals surface area contributed by atoms with Crippen molar-refractivity contribution in [3.05, 3.63) is 75.3 Å². The molecule has 2 aromatic rings. The van der Waals surface area contributed by atoms with E-state index in [-0.39, 0.29) is 42.7 Å². The summed E-state index contributed by atoms with van der Waals surface area (Å²) in [5, 5.41) is 15.6. The van der Waals surface area contributed by atoms with Crippen LogP contribution in [-0.2, 0) is 20.9 Å². The number of carbonyl (C=O) groups is 5. The summed E-state index contributed by atoms with van der Waals surface area (Å²) in [6.07, 6.45) is -5.35. The Balaban J connectivity index is 1.93. The Morgan fingerprint density at radius 2 is 1.52 bits per heavy atom. The van der Waals surface area contributed by atoms with E-state index in [1.165, 1.54) is 62.4 Å². The first-order valence-electron chi connectivity index (χ1n) is 14.6. The summed E-state index contributed by atoms with van der Waals surface area (Å²) < 4.78 is 40.2. The number of hydrogen-bond acceptors (Lipinski definition) is 8. The Hall–Kier alpha value is -4.66. The molecule has 1 unspecified atom stereocenters. The van der Waals surface area contributed by atoms with E-state index in [1.54, 1.807) is 13.8 Å². The lowest BCUT2D eigenvalue weighted by Crippen LogP contribution is -2.67. The number of nitrogens with zero attached hydrogens (tertiary/aromatic N) is 2. The normalized spacial score (nSPS) is 17.8. The number of ketones is 2. The summed E-state index contributed by atoms with van der Waals surface area (Å²) >= 11 is 0. The summed E-state index contributed by atoms with van der Waals surface area (Å²) in [6, 6.07) is 7.51. The van der Waals surface area contributed by atoms with Gasteiger partial charge in [-0.3, -0.25) is 34.1 Å². The standard InChI is InChI=1S/C31H36F3N5O7/c1-17(2)23(35)28(43)38-15-5-14-30(38,29(44)37-24(18(3)4)26(41)31(32,33)34)25(40)20-8-10-21(11-9-20)27(42)36-16-19-6-12-22(13-7-19)39(45)46/h6-13,17-18,23-24H,5,14-16,35H2,1-4H3,(H,36,42)(H,37,44)/t23-,24?,30+/m0/s1. The van der Waals surface area contributed by atoms with E-state index in [2.05, 4.69) is 10.6 Å². The van der Waals surface area contributed by atoms with Crippen LogP contribution in [-0.4, -0.2) is 69.5 Å².